The Morgan fingerprint density at radius 2 is 2.05 bits per heavy atom. The number of carbonyl (C=O) groups is 1. The lowest BCUT2D eigenvalue weighted by atomic mass is 10.0. The molecule has 104 valence electrons. The van der Waals surface area contributed by atoms with Gasteiger partial charge in [0, 0.05) is 11.6 Å². The Balaban J connectivity index is 2.00. The zero-order valence-corrected chi connectivity index (χ0v) is 12.1. The third-order valence-electron chi connectivity index (χ3n) is 3.94. The van der Waals surface area contributed by atoms with E-state index >= 15 is 0 Å². The summed E-state index contributed by atoms with van der Waals surface area (Å²) in [6.07, 6.45) is 2.42. The van der Waals surface area contributed by atoms with Crippen molar-refractivity contribution in [3.8, 4) is 5.75 Å². The normalized spacial score (nSPS) is 19.9. The molecule has 1 unspecified atom stereocenters. The van der Waals surface area contributed by atoms with Crippen LogP contribution in [0.25, 0.3) is 0 Å². The average Bonchev–Trinajstić information content (AvgIpc) is 2.87. The summed E-state index contributed by atoms with van der Waals surface area (Å²) in [4.78, 5) is 14.6. The van der Waals surface area contributed by atoms with Crippen LogP contribution < -0.4 is 4.74 Å². The maximum atomic E-state index is 12.3. The minimum Gasteiger partial charge on any atom is -0.497 e. The van der Waals surface area contributed by atoms with Crippen LogP contribution in [0, 0.1) is 5.92 Å². The van der Waals surface area contributed by atoms with E-state index in [9.17, 15) is 4.79 Å². The van der Waals surface area contributed by atoms with E-state index in [1.807, 2.05) is 24.3 Å². The molecule has 1 aromatic rings. The second-order valence-electron chi connectivity index (χ2n) is 5.58. The van der Waals surface area contributed by atoms with Crippen LogP contribution in [-0.4, -0.2) is 36.9 Å². The van der Waals surface area contributed by atoms with E-state index in [2.05, 4.69) is 18.7 Å². The molecule has 2 rings (SSSR count). The van der Waals surface area contributed by atoms with Gasteiger partial charge in [-0.1, -0.05) is 13.8 Å². The number of ether oxygens (including phenoxy) is 1. The summed E-state index contributed by atoms with van der Waals surface area (Å²) in [5.41, 5.74) is 0.773. The average molecular weight is 261 g/mol. The maximum Gasteiger partial charge on any atom is 0.176 e. The second-order valence-corrected chi connectivity index (χ2v) is 5.58. The predicted octanol–water partition coefficient (Wildman–Crippen LogP) is 3.00. The van der Waals surface area contributed by atoms with E-state index in [0.29, 0.717) is 18.5 Å². The third kappa shape index (κ3) is 3.35. The highest BCUT2D eigenvalue weighted by atomic mass is 16.5. The molecule has 0 N–H and O–H groups in total. The fourth-order valence-electron chi connectivity index (χ4n) is 2.86. The molecule has 0 saturated carbocycles. The van der Waals surface area contributed by atoms with Crippen LogP contribution in [0.2, 0.25) is 0 Å². The number of ketones is 1. The third-order valence-corrected chi connectivity index (χ3v) is 3.94. The number of Topliss-reactive ketones (excluding diaryl/α,β-unsaturated/α-hetero) is 1. The van der Waals surface area contributed by atoms with Crippen molar-refractivity contribution in [2.24, 2.45) is 5.92 Å². The van der Waals surface area contributed by atoms with Gasteiger partial charge in [0.25, 0.3) is 0 Å². The van der Waals surface area contributed by atoms with Crippen LogP contribution in [0.5, 0.6) is 5.75 Å². The highest BCUT2D eigenvalue weighted by Crippen LogP contribution is 2.24. The Bertz CT molecular complexity index is 425. The summed E-state index contributed by atoms with van der Waals surface area (Å²) in [5, 5.41) is 0. The monoisotopic (exact) mass is 261 g/mol. The first kappa shape index (κ1) is 14.1. The van der Waals surface area contributed by atoms with Crippen LogP contribution in [0.3, 0.4) is 0 Å². The number of hydrogen-bond donors (Lipinski definition) is 0. The van der Waals surface area contributed by atoms with E-state index in [1.54, 1.807) is 7.11 Å². The first-order valence-corrected chi connectivity index (χ1v) is 7.03. The van der Waals surface area contributed by atoms with Gasteiger partial charge in [0.05, 0.1) is 13.7 Å². The molecule has 1 heterocycles. The van der Waals surface area contributed by atoms with Gasteiger partial charge >= 0.3 is 0 Å². The largest absolute Gasteiger partial charge is 0.497 e. The van der Waals surface area contributed by atoms with E-state index in [-0.39, 0.29) is 5.78 Å². The number of rotatable bonds is 5. The maximum absolute atomic E-state index is 12.3. The van der Waals surface area contributed by atoms with Gasteiger partial charge in [0.1, 0.15) is 5.75 Å². The summed E-state index contributed by atoms with van der Waals surface area (Å²) in [6, 6.07) is 7.94. The second kappa shape index (κ2) is 6.20. The zero-order valence-electron chi connectivity index (χ0n) is 12.1. The van der Waals surface area contributed by atoms with Crippen molar-refractivity contribution in [1.29, 1.82) is 0 Å². The lowest BCUT2D eigenvalue weighted by Gasteiger charge is -2.26. The van der Waals surface area contributed by atoms with Gasteiger partial charge in [-0.25, -0.2) is 0 Å². The van der Waals surface area contributed by atoms with Crippen molar-refractivity contribution in [1.82, 2.24) is 4.90 Å². The molecule has 1 saturated heterocycles. The van der Waals surface area contributed by atoms with Gasteiger partial charge in [0.15, 0.2) is 5.78 Å². The Morgan fingerprint density at radius 1 is 1.37 bits per heavy atom. The molecule has 0 aliphatic carbocycles. The standard InChI is InChI=1S/C16H23NO2/c1-12(2)15-5-4-10-17(15)11-16(18)13-6-8-14(19-3)9-7-13/h6-9,12,15H,4-5,10-11H2,1-3H3. The smallest absolute Gasteiger partial charge is 0.176 e. The highest BCUT2D eigenvalue weighted by Gasteiger charge is 2.28. The first-order valence-electron chi connectivity index (χ1n) is 7.03. The molecular weight excluding hydrogens is 238 g/mol. The molecular formula is C16H23NO2. The van der Waals surface area contributed by atoms with Gasteiger partial charge in [0.2, 0.25) is 0 Å². The molecule has 1 aromatic carbocycles. The van der Waals surface area contributed by atoms with Crippen LogP contribution in [0.4, 0.5) is 0 Å². The predicted molar refractivity (Wildman–Crippen MR) is 76.8 cm³/mol. The molecule has 19 heavy (non-hydrogen) atoms. The van der Waals surface area contributed by atoms with Crippen molar-refractivity contribution >= 4 is 5.78 Å². The molecule has 1 fully saturated rings. The number of carbonyl (C=O) groups excluding carboxylic acids is 1. The molecule has 0 bridgehead atoms. The fraction of sp³-hybridized carbons (Fsp3) is 0.562. The van der Waals surface area contributed by atoms with Gasteiger partial charge in [-0.3, -0.25) is 9.69 Å². The summed E-state index contributed by atoms with van der Waals surface area (Å²) in [6.45, 7) is 6.06. The molecule has 1 aliphatic heterocycles. The van der Waals surface area contributed by atoms with Crippen LogP contribution in [0.1, 0.15) is 37.0 Å². The van der Waals surface area contributed by atoms with E-state index < -0.39 is 0 Å². The first-order chi connectivity index (χ1) is 9.11. The van der Waals surface area contributed by atoms with Gasteiger partial charge < -0.3 is 4.74 Å². The van der Waals surface area contributed by atoms with E-state index in [1.165, 1.54) is 12.8 Å². The molecule has 3 heteroatoms. The molecule has 1 aliphatic rings. The highest BCUT2D eigenvalue weighted by molar-refractivity contribution is 5.97. The minimum atomic E-state index is 0.204. The summed E-state index contributed by atoms with van der Waals surface area (Å²) < 4.78 is 5.11. The molecule has 1 atom stereocenters. The molecule has 0 spiro atoms. The molecule has 0 amide bonds. The van der Waals surface area contributed by atoms with Crippen molar-refractivity contribution in [2.45, 2.75) is 32.7 Å². The Kier molecular flexibility index (Phi) is 4.59. The lowest BCUT2D eigenvalue weighted by molar-refractivity contribution is 0.0904. The number of nitrogens with zero attached hydrogens (tertiary/aromatic N) is 1. The Morgan fingerprint density at radius 3 is 2.63 bits per heavy atom. The van der Waals surface area contributed by atoms with Gasteiger partial charge in [-0.15, -0.1) is 0 Å². The van der Waals surface area contributed by atoms with Gasteiger partial charge in [-0.05, 0) is 49.6 Å². The summed E-state index contributed by atoms with van der Waals surface area (Å²) >= 11 is 0. The number of hydrogen-bond acceptors (Lipinski definition) is 3. The van der Waals surface area contributed by atoms with Gasteiger partial charge in [-0.2, -0.15) is 0 Å². The minimum absolute atomic E-state index is 0.204. The zero-order chi connectivity index (χ0) is 13.8. The van der Waals surface area contributed by atoms with Crippen LogP contribution >= 0.6 is 0 Å². The number of likely N-dealkylation sites (tertiary alicyclic amines) is 1. The number of methoxy groups -OCH3 is 1. The fourth-order valence-corrected chi connectivity index (χ4v) is 2.86. The number of benzene rings is 1. The summed E-state index contributed by atoms with van der Waals surface area (Å²) in [5.74, 6) is 1.61. The van der Waals surface area contributed by atoms with E-state index in [4.69, 9.17) is 4.74 Å². The van der Waals surface area contributed by atoms with Crippen molar-refractivity contribution in [3.63, 3.8) is 0 Å². The Hall–Kier alpha value is -1.35. The van der Waals surface area contributed by atoms with E-state index in [0.717, 1.165) is 17.9 Å². The van der Waals surface area contributed by atoms with Crippen molar-refractivity contribution in [3.05, 3.63) is 29.8 Å². The van der Waals surface area contributed by atoms with Crippen LogP contribution in [-0.2, 0) is 0 Å². The lowest BCUT2D eigenvalue weighted by Crippen LogP contribution is -2.37. The van der Waals surface area contributed by atoms with Crippen molar-refractivity contribution in [2.75, 3.05) is 20.2 Å². The Labute approximate surface area is 115 Å². The quantitative estimate of drug-likeness (QED) is 0.763. The molecule has 0 aromatic heterocycles. The SMILES string of the molecule is COc1ccc(C(=O)CN2CCCC2C(C)C)cc1. The van der Waals surface area contributed by atoms with Crippen molar-refractivity contribution < 1.29 is 9.53 Å². The molecule has 3 nitrogen and oxygen atoms in total. The topological polar surface area (TPSA) is 29.5 Å². The summed E-state index contributed by atoms with van der Waals surface area (Å²) in [7, 11) is 1.63. The molecule has 0 radical (unpaired) electrons. The van der Waals surface area contributed by atoms with Crippen LogP contribution in [0.15, 0.2) is 24.3 Å².